The van der Waals surface area contributed by atoms with Gasteiger partial charge in [-0.25, -0.2) is 4.79 Å². The minimum absolute atomic E-state index is 0.131. The monoisotopic (exact) mass is 360 g/mol. The standard InChI is InChI=1S/C20H24O6/c1-5-14-7-6-8-16(11-14)25-9-10-26-20(21)15-12-17(22-2)19(24-4)18(13-15)23-3/h6-8,11-13H,5,9-10H2,1-4H3. The minimum Gasteiger partial charge on any atom is -0.493 e. The van der Waals surface area contributed by atoms with Gasteiger partial charge in [-0.3, -0.25) is 0 Å². The molecule has 0 aromatic heterocycles. The number of methoxy groups -OCH3 is 3. The summed E-state index contributed by atoms with van der Waals surface area (Å²) in [6.07, 6.45) is 0.938. The van der Waals surface area contributed by atoms with Gasteiger partial charge in [0.2, 0.25) is 5.75 Å². The average molecular weight is 360 g/mol. The molecule has 0 amide bonds. The summed E-state index contributed by atoms with van der Waals surface area (Å²) in [4.78, 5) is 12.3. The van der Waals surface area contributed by atoms with E-state index in [9.17, 15) is 4.79 Å². The number of hydrogen-bond donors (Lipinski definition) is 0. The van der Waals surface area contributed by atoms with Crippen LogP contribution in [0.3, 0.4) is 0 Å². The molecule has 6 heteroatoms. The van der Waals surface area contributed by atoms with Crippen LogP contribution in [0.1, 0.15) is 22.8 Å². The van der Waals surface area contributed by atoms with Crippen molar-refractivity contribution in [3.63, 3.8) is 0 Å². The number of esters is 1. The zero-order valence-corrected chi connectivity index (χ0v) is 15.5. The lowest BCUT2D eigenvalue weighted by molar-refractivity contribution is 0.0449. The Labute approximate surface area is 153 Å². The van der Waals surface area contributed by atoms with Crippen molar-refractivity contribution in [2.45, 2.75) is 13.3 Å². The van der Waals surface area contributed by atoms with Crippen LogP contribution in [0.15, 0.2) is 36.4 Å². The molecular formula is C20H24O6. The second-order valence-corrected chi connectivity index (χ2v) is 5.40. The number of ether oxygens (including phenoxy) is 5. The highest BCUT2D eigenvalue weighted by Crippen LogP contribution is 2.38. The molecule has 0 N–H and O–H groups in total. The van der Waals surface area contributed by atoms with Crippen molar-refractivity contribution in [2.24, 2.45) is 0 Å². The van der Waals surface area contributed by atoms with Crippen LogP contribution in [-0.2, 0) is 11.2 Å². The van der Waals surface area contributed by atoms with Crippen molar-refractivity contribution >= 4 is 5.97 Å². The van der Waals surface area contributed by atoms with E-state index < -0.39 is 5.97 Å². The van der Waals surface area contributed by atoms with Gasteiger partial charge in [-0.2, -0.15) is 0 Å². The summed E-state index contributed by atoms with van der Waals surface area (Å²) in [5.41, 5.74) is 1.50. The first-order valence-corrected chi connectivity index (χ1v) is 8.31. The normalized spacial score (nSPS) is 10.2. The average Bonchev–Trinajstić information content (AvgIpc) is 2.69. The van der Waals surface area contributed by atoms with Crippen LogP contribution >= 0.6 is 0 Å². The van der Waals surface area contributed by atoms with E-state index in [1.165, 1.54) is 26.9 Å². The van der Waals surface area contributed by atoms with Crippen molar-refractivity contribution in [2.75, 3.05) is 34.5 Å². The molecule has 2 aromatic carbocycles. The molecule has 0 unspecified atom stereocenters. The van der Waals surface area contributed by atoms with Crippen molar-refractivity contribution in [3.8, 4) is 23.0 Å². The van der Waals surface area contributed by atoms with Crippen molar-refractivity contribution < 1.29 is 28.5 Å². The zero-order chi connectivity index (χ0) is 18.9. The third kappa shape index (κ3) is 4.81. The van der Waals surface area contributed by atoms with Gasteiger partial charge in [0.05, 0.1) is 26.9 Å². The number of carbonyl (C=O) groups is 1. The maximum atomic E-state index is 12.3. The van der Waals surface area contributed by atoms with Gasteiger partial charge >= 0.3 is 5.97 Å². The molecule has 0 radical (unpaired) electrons. The molecule has 0 aliphatic carbocycles. The Balaban J connectivity index is 1.95. The summed E-state index contributed by atoms with van der Waals surface area (Å²) in [6, 6.07) is 10.9. The third-order valence-corrected chi connectivity index (χ3v) is 3.79. The molecule has 0 heterocycles. The number of rotatable bonds is 9. The SMILES string of the molecule is CCc1cccc(OCCOC(=O)c2cc(OC)c(OC)c(OC)c2)c1. The van der Waals surface area contributed by atoms with E-state index in [1.807, 2.05) is 24.3 Å². The Morgan fingerprint density at radius 3 is 2.19 bits per heavy atom. The highest BCUT2D eigenvalue weighted by Gasteiger charge is 2.17. The highest BCUT2D eigenvalue weighted by atomic mass is 16.6. The summed E-state index contributed by atoms with van der Waals surface area (Å²) < 4.78 is 26.6. The largest absolute Gasteiger partial charge is 0.493 e. The lowest BCUT2D eigenvalue weighted by Gasteiger charge is -2.14. The summed E-state index contributed by atoms with van der Waals surface area (Å²) in [5.74, 6) is 1.48. The van der Waals surface area contributed by atoms with Gasteiger partial charge in [0, 0.05) is 0 Å². The molecule has 140 valence electrons. The molecule has 0 bridgehead atoms. The molecule has 0 spiro atoms. The van der Waals surface area contributed by atoms with Crippen molar-refractivity contribution in [3.05, 3.63) is 47.5 Å². The van der Waals surface area contributed by atoms with E-state index >= 15 is 0 Å². The number of hydrogen-bond acceptors (Lipinski definition) is 6. The highest BCUT2D eigenvalue weighted by molar-refractivity contribution is 5.91. The molecule has 0 aliphatic heterocycles. The first-order chi connectivity index (χ1) is 12.6. The molecule has 6 nitrogen and oxygen atoms in total. The molecule has 2 aromatic rings. The molecule has 26 heavy (non-hydrogen) atoms. The predicted octanol–water partition coefficient (Wildman–Crippen LogP) is 3.51. The van der Waals surface area contributed by atoms with Crippen LogP contribution in [0.25, 0.3) is 0 Å². The smallest absolute Gasteiger partial charge is 0.338 e. The van der Waals surface area contributed by atoms with Gasteiger partial charge in [-0.1, -0.05) is 19.1 Å². The Hall–Kier alpha value is -2.89. The number of benzene rings is 2. The quantitative estimate of drug-likeness (QED) is 0.504. The fraction of sp³-hybridized carbons (Fsp3) is 0.350. The Morgan fingerprint density at radius 2 is 1.62 bits per heavy atom. The molecule has 2 rings (SSSR count). The van der Waals surface area contributed by atoms with Gasteiger partial charge in [-0.15, -0.1) is 0 Å². The fourth-order valence-electron chi connectivity index (χ4n) is 2.43. The van der Waals surface area contributed by atoms with Crippen LogP contribution in [0.4, 0.5) is 0 Å². The number of carbonyl (C=O) groups excluding carboxylic acids is 1. The lowest BCUT2D eigenvalue weighted by atomic mass is 10.2. The van der Waals surface area contributed by atoms with E-state index in [2.05, 4.69) is 6.92 Å². The minimum atomic E-state index is -0.491. The molecule has 0 fully saturated rings. The maximum absolute atomic E-state index is 12.3. The zero-order valence-electron chi connectivity index (χ0n) is 15.5. The summed E-state index contributed by atoms with van der Waals surface area (Å²) in [5, 5.41) is 0. The first kappa shape index (κ1) is 19.4. The van der Waals surface area contributed by atoms with E-state index in [-0.39, 0.29) is 13.2 Å². The van der Waals surface area contributed by atoms with Crippen LogP contribution in [0.5, 0.6) is 23.0 Å². The van der Waals surface area contributed by atoms with Gasteiger partial charge in [0.15, 0.2) is 11.5 Å². The maximum Gasteiger partial charge on any atom is 0.338 e. The van der Waals surface area contributed by atoms with E-state index in [0.29, 0.717) is 22.8 Å². The van der Waals surface area contributed by atoms with Gasteiger partial charge in [0.1, 0.15) is 19.0 Å². The Bertz CT molecular complexity index is 716. The molecule has 0 saturated heterocycles. The first-order valence-electron chi connectivity index (χ1n) is 8.31. The van der Waals surface area contributed by atoms with Crippen LogP contribution in [0, 0.1) is 0 Å². The van der Waals surface area contributed by atoms with Crippen molar-refractivity contribution in [1.82, 2.24) is 0 Å². The summed E-state index contributed by atoms with van der Waals surface area (Å²) >= 11 is 0. The molecule has 0 atom stereocenters. The van der Waals surface area contributed by atoms with E-state index in [4.69, 9.17) is 23.7 Å². The fourth-order valence-corrected chi connectivity index (χ4v) is 2.43. The molecule has 0 saturated carbocycles. The summed E-state index contributed by atoms with van der Waals surface area (Å²) in [6.45, 7) is 2.48. The number of aryl methyl sites for hydroxylation is 1. The molecule has 0 aliphatic rings. The summed E-state index contributed by atoms with van der Waals surface area (Å²) in [7, 11) is 4.48. The van der Waals surface area contributed by atoms with Gasteiger partial charge < -0.3 is 23.7 Å². The van der Waals surface area contributed by atoms with Gasteiger partial charge in [-0.05, 0) is 36.2 Å². The second kappa shape index (κ2) is 9.56. The topological polar surface area (TPSA) is 63.2 Å². The van der Waals surface area contributed by atoms with E-state index in [0.717, 1.165) is 12.2 Å². The Kier molecular flexibility index (Phi) is 7.14. The van der Waals surface area contributed by atoms with Crippen LogP contribution in [0.2, 0.25) is 0 Å². The van der Waals surface area contributed by atoms with Crippen LogP contribution in [-0.4, -0.2) is 40.5 Å². The second-order valence-electron chi connectivity index (χ2n) is 5.40. The van der Waals surface area contributed by atoms with Crippen molar-refractivity contribution in [1.29, 1.82) is 0 Å². The van der Waals surface area contributed by atoms with E-state index in [1.54, 1.807) is 12.1 Å². The Morgan fingerprint density at radius 1 is 0.923 bits per heavy atom. The molecular weight excluding hydrogens is 336 g/mol. The lowest BCUT2D eigenvalue weighted by Crippen LogP contribution is -2.13. The van der Waals surface area contributed by atoms with Gasteiger partial charge in [0.25, 0.3) is 0 Å². The van der Waals surface area contributed by atoms with Crippen LogP contribution < -0.4 is 18.9 Å². The predicted molar refractivity (Wildman–Crippen MR) is 97.7 cm³/mol. The third-order valence-electron chi connectivity index (χ3n) is 3.79.